The quantitative estimate of drug-likeness (QED) is 0.758. The Morgan fingerprint density at radius 3 is 2.69 bits per heavy atom. The highest BCUT2D eigenvalue weighted by Crippen LogP contribution is 2.33. The van der Waals surface area contributed by atoms with Crippen molar-refractivity contribution in [2.45, 2.75) is 24.3 Å². The first-order valence-corrected chi connectivity index (χ1v) is 9.37. The summed E-state index contributed by atoms with van der Waals surface area (Å²) < 4.78 is 33.2. The normalized spacial score (nSPS) is 18.3. The zero-order valence-corrected chi connectivity index (χ0v) is 14.5. The predicted octanol–water partition coefficient (Wildman–Crippen LogP) is 1.70. The molecule has 0 bridgehead atoms. The minimum atomic E-state index is -3.85. The molecule has 4 rings (SSSR count). The summed E-state index contributed by atoms with van der Waals surface area (Å²) in [5.41, 5.74) is 1.95. The van der Waals surface area contributed by atoms with Crippen LogP contribution in [0.1, 0.15) is 12.5 Å². The summed E-state index contributed by atoms with van der Waals surface area (Å²) >= 11 is 0. The van der Waals surface area contributed by atoms with E-state index in [1.807, 2.05) is 0 Å². The Hall–Kier alpha value is -3.07. The van der Waals surface area contributed by atoms with Crippen molar-refractivity contribution in [1.82, 2.24) is 0 Å². The van der Waals surface area contributed by atoms with Crippen molar-refractivity contribution >= 4 is 38.9 Å². The molecular weight excluding hydrogens is 358 g/mol. The maximum atomic E-state index is 12.6. The van der Waals surface area contributed by atoms with E-state index in [9.17, 15) is 18.0 Å². The number of carbonyl (C=O) groups excluding carboxylic acids is 2. The van der Waals surface area contributed by atoms with Crippen molar-refractivity contribution < 1.29 is 22.7 Å². The number of benzene rings is 2. The lowest BCUT2D eigenvalue weighted by Crippen LogP contribution is -2.34. The van der Waals surface area contributed by atoms with Crippen LogP contribution in [0.15, 0.2) is 41.3 Å². The third-order valence-corrected chi connectivity index (χ3v) is 5.55. The van der Waals surface area contributed by atoms with Gasteiger partial charge in [0, 0.05) is 5.69 Å². The van der Waals surface area contributed by atoms with E-state index >= 15 is 0 Å². The van der Waals surface area contributed by atoms with E-state index in [2.05, 4.69) is 15.4 Å². The van der Waals surface area contributed by atoms with Gasteiger partial charge in [-0.1, -0.05) is 0 Å². The van der Waals surface area contributed by atoms with Crippen LogP contribution in [0.4, 0.5) is 17.1 Å². The molecule has 26 heavy (non-hydrogen) atoms. The molecule has 2 aliphatic heterocycles. The predicted molar refractivity (Wildman–Crippen MR) is 94.7 cm³/mol. The smallest absolute Gasteiger partial charge is 0.265 e. The average Bonchev–Trinajstić information content (AvgIpc) is 2.95. The van der Waals surface area contributed by atoms with Gasteiger partial charge in [0.2, 0.25) is 5.91 Å². The zero-order chi connectivity index (χ0) is 18.5. The standard InChI is InChI=1S/C17H15N3O5S/c1-9-17(22)19-14-8-11(2-5-15(14)25-9)20-26(23,24)12-3-4-13-10(6-12)7-16(21)18-13/h2-6,8-9,20H,7H2,1H3,(H,18,21)(H,19,22)/t9-/m1/s1. The molecule has 2 heterocycles. The lowest BCUT2D eigenvalue weighted by atomic mass is 10.2. The second-order valence-corrected chi connectivity index (χ2v) is 7.79. The summed E-state index contributed by atoms with van der Waals surface area (Å²) in [5, 5.41) is 5.33. The Morgan fingerprint density at radius 1 is 1.08 bits per heavy atom. The van der Waals surface area contributed by atoms with Crippen molar-refractivity contribution in [3.8, 4) is 5.75 Å². The molecule has 0 saturated carbocycles. The summed E-state index contributed by atoms with van der Waals surface area (Å²) in [6.07, 6.45) is -0.452. The average molecular weight is 373 g/mol. The first-order chi connectivity index (χ1) is 12.3. The van der Waals surface area contributed by atoms with Crippen LogP contribution in [0.5, 0.6) is 5.75 Å². The second-order valence-electron chi connectivity index (χ2n) is 6.11. The zero-order valence-electron chi connectivity index (χ0n) is 13.7. The third kappa shape index (κ3) is 2.86. The minimum absolute atomic E-state index is 0.0550. The number of hydrogen-bond acceptors (Lipinski definition) is 5. The van der Waals surface area contributed by atoms with Gasteiger partial charge in [0.1, 0.15) is 5.75 Å². The molecule has 2 aromatic carbocycles. The molecule has 2 amide bonds. The van der Waals surface area contributed by atoms with Gasteiger partial charge in [-0.05, 0) is 48.9 Å². The van der Waals surface area contributed by atoms with Gasteiger partial charge in [-0.25, -0.2) is 8.42 Å². The Balaban J connectivity index is 1.61. The number of nitrogens with one attached hydrogen (secondary N) is 3. The number of fused-ring (bicyclic) bond motifs is 2. The van der Waals surface area contributed by atoms with Crippen LogP contribution in [-0.2, 0) is 26.0 Å². The van der Waals surface area contributed by atoms with Crippen LogP contribution in [-0.4, -0.2) is 26.3 Å². The Labute approximate surface area is 149 Å². The number of sulfonamides is 1. The van der Waals surface area contributed by atoms with Crippen LogP contribution in [0.2, 0.25) is 0 Å². The van der Waals surface area contributed by atoms with E-state index in [1.54, 1.807) is 25.1 Å². The van der Waals surface area contributed by atoms with Crippen LogP contribution in [0.3, 0.4) is 0 Å². The largest absolute Gasteiger partial charge is 0.479 e. The van der Waals surface area contributed by atoms with Crippen LogP contribution < -0.4 is 20.1 Å². The number of hydrogen-bond donors (Lipinski definition) is 3. The molecule has 134 valence electrons. The molecule has 0 aromatic heterocycles. The van der Waals surface area contributed by atoms with Crippen molar-refractivity contribution in [2.75, 3.05) is 15.4 Å². The summed E-state index contributed by atoms with van der Waals surface area (Å²) in [4.78, 5) is 23.2. The molecule has 2 aromatic rings. The molecule has 9 heteroatoms. The molecular formula is C17H15N3O5S. The molecule has 0 saturated heterocycles. The van der Waals surface area contributed by atoms with Crippen LogP contribution in [0, 0.1) is 0 Å². The number of ether oxygens (including phenoxy) is 1. The van der Waals surface area contributed by atoms with E-state index in [1.165, 1.54) is 18.2 Å². The van der Waals surface area contributed by atoms with Crippen molar-refractivity contribution in [3.05, 3.63) is 42.0 Å². The minimum Gasteiger partial charge on any atom is -0.479 e. The molecule has 8 nitrogen and oxygen atoms in total. The number of anilines is 3. The van der Waals surface area contributed by atoms with E-state index < -0.39 is 16.1 Å². The van der Waals surface area contributed by atoms with Gasteiger partial charge in [0.25, 0.3) is 15.9 Å². The van der Waals surface area contributed by atoms with E-state index in [4.69, 9.17) is 4.74 Å². The summed E-state index contributed by atoms with van der Waals surface area (Å²) in [6.45, 7) is 1.63. The van der Waals surface area contributed by atoms with E-state index in [0.29, 0.717) is 22.7 Å². The van der Waals surface area contributed by atoms with Gasteiger partial charge in [0.05, 0.1) is 22.7 Å². The SMILES string of the molecule is C[C@H]1Oc2ccc(NS(=O)(=O)c3ccc4c(c3)CC(=O)N4)cc2NC1=O. The Bertz CT molecular complexity index is 1050. The third-order valence-electron chi connectivity index (χ3n) is 4.17. The first-order valence-electron chi connectivity index (χ1n) is 7.89. The number of amides is 2. The number of carbonyl (C=O) groups is 2. The highest BCUT2D eigenvalue weighted by atomic mass is 32.2. The molecule has 0 spiro atoms. The lowest BCUT2D eigenvalue weighted by Gasteiger charge is -2.23. The van der Waals surface area contributed by atoms with Crippen LogP contribution >= 0.6 is 0 Å². The monoisotopic (exact) mass is 373 g/mol. The van der Waals surface area contributed by atoms with E-state index in [0.717, 1.165) is 0 Å². The van der Waals surface area contributed by atoms with Crippen molar-refractivity contribution in [2.24, 2.45) is 0 Å². The van der Waals surface area contributed by atoms with E-state index in [-0.39, 0.29) is 28.8 Å². The summed E-state index contributed by atoms with van der Waals surface area (Å²) in [5.74, 6) is 0.0117. The molecule has 2 aliphatic rings. The van der Waals surface area contributed by atoms with Gasteiger partial charge in [0.15, 0.2) is 6.10 Å². The van der Waals surface area contributed by atoms with Crippen molar-refractivity contribution in [1.29, 1.82) is 0 Å². The maximum Gasteiger partial charge on any atom is 0.265 e. The molecule has 1 atom stereocenters. The highest BCUT2D eigenvalue weighted by Gasteiger charge is 2.25. The van der Waals surface area contributed by atoms with Gasteiger partial charge in [-0.2, -0.15) is 0 Å². The molecule has 3 N–H and O–H groups in total. The van der Waals surface area contributed by atoms with Gasteiger partial charge >= 0.3 is 0 Å². The van der Waals surface area contributed by atoms with Gasteiger partial charge in [-0.15, -0.1) is 0 Å². The van der Waals surface area contributed by atoms with Crippen LogP contribution in [0.25, 0.3) is 0 Å². The Morgan fingerprint density at radius 2 is 1.88 bits per heavy atom. The maximum absolute atomic E-state index is 12.6. The molecule has 0 fully saturated rings. The van der Waals surface area contributed by atoms with Gasteiger partial charge in [-0.3, -0.25) is 14.3 Å². The summed E-state index contributed by atoms with van der Waals surface area (Å²) in [6, 6.07) is 9.11. The Kier molecular flexibility index (Phi) is 3.62. The highest BCUT2D eigenvalue weighted by molar-refractivity contribution is 7.92. The molecule has 0 aliphatic carbocycles. The fraction of sp³-hybridized carbons (Fsp3) is 0.176. The summed E-state index contributed by atoms with van der Waals surface area (Å²) in [7, 11) is -3.85. The fourth-order valence-corrected chi connectivity index (χ4v) is 3.96. The molecule has 0 radical (unpaired) electrons. The van der Waals surface area contributed by atoms with Gasteiger partial charge < -0.3 is 15.4 Å². The number of rotatable bonds is 3. The molecule has 0 unspecified atom stereocenters. The fourth-order valence-electron chi connectivity index (χ4n) is 2.86. The second kappa shape index (κ2) is 5.73. The first kappa shape index (κ1) is 16.4. The topological polar surface area (TPSA) is 114 Å². The van der Waals surface area contributed by atoms with Crippen molar-refractivity contribution in [3.63, 3.8) is 0 Å². The lowest BCUT2D eigenvalue weighted by molar-refractivity contribution is -0.122.